The Bertz CT molecular complexity index is 338. The standard InChI is InChI=1S/C14H32N6O3/c1-16-8-10(21)9-20-13(22)11(17-2)5-4-6-19-14(23)12(7-15)18-3/h10-12,16-18,21H,4-9,15H2,1-3H3,(H,19,23)(H,20,22)/t10?,11-,12-/m0/s1. The number of likely N-dealkylation sites (N-methyl/N-ethyl adjacent to an activating group) is 3. The van der Waals surface area contributed by atoms with Gasteiger partial charge in [0.05, 0.1) is 18.2 Å². The van der Waals surface area contributed by atoms with Crippen molar-refractivity contribution in [2.75, 3.05) is 47.3 Å². The minimum absolute atomic E-state index is 0.143. The number of hydrogen-bond donors (Lipinski definition) is 7. The Morgan fingerprint density at radius 1 is 1.00 bits per heavy atom. The molecule has 0 saturated carbocycles. The van der Waals surface area contributed by atoms with Gasteiger partial charge < -0.3 is 37.4 Å². The Labute approximate surface area is 138 Å². The summed E-state index contributed by atoms with van der Waals surface area (Å²) < 4.78 is 0. The van der Waals surface area contributed by atoms with E-state index in [1.54, 1.807) is 21.1 Å². The molecule has 136 valence electrons. The van der Waals surface area contributed by atoms with Crippen LogP contribution < -0.4 is 32.3 Å². The molecular weight excluding hydrogens is 300 g/mol. The fourth-order valence-corrected chi connectivity index (χ4v) is 2.05. The van der Waals surface area contributed by atoms with Gasteiger partial charge in [-0.25, -0.2) is 0 Å². The van der Waals surface area contributed by atoms with Crippen molar-refractivity contribution in [3.05, 3.63) is 0 Å². The second kappa shape index (κ2) is 13.2. The van der Waals surface area contributed by atoms with Crippen molar-refractivity contribution in [1.82, 2.24) is 26.6 Å². The molecule has 9 nitrogen and oxygen atoms in total. The monoisotopic (exact) mass is 332 g/mol. The topological polar surface area (TPSA) is 141 Å². The quantitative estimate of drug-likeness (QED) is 0.175. The number of aliphatic hydroxyl groups is 1. The highest BCUT2D eigenvalue weighted by atomic mass is 16.3. The van der Waals surface area contributed by atoms with E-state index >= 15 is 0 Å². The summed E-state index contributed by atoms with van der Waals surface area (Å²) in [4.78, 5) is 23.7. The number of nitrogens with one attached hydrogen (secondary N) is 5. The molecule has 9 heteroatoms. The van der Waals surface area contributed by atoms with E-state index in [1.165, 1.54) is 0 Å². The zero-order valence-electron chi connectivity index (χ0n) is 14.3. The summed E-state index contributed by atoms with van der Waals surface area (Å²) in [5, 5.41) is 23.6. The van der Waals surface area contributed by atoms with Crippen molar-refractivity contribution in [3.63, 3.8) is 0 Å². The van der Waals surface area contributed by atoms with Crippen LogP contribution in [-0.4, -0.2) is 82.4 Å². The van der Waals surface area contributed by atoms with E-state index in [9.17, 15) is 14.7 Å². The number of carbonyl (C=O) groups is 2. The summed E-state index contributed by atoms with van der Waals surface area (Å²) >= 11 is 0. The summed E-state index contributed by atoms with van der Waals surface area (Å²) in [5.41, 5.74) is 5.47. The number of carbonyl (C=O) groups excluding carboxylic acids is 2. The van der Waals surface area contributed by atoms with Gasteiger partial charge in [0, 0.05) is 26.2 Å². The molecule has 0 rings (SSSR count). The fraction of sp³-hybridized carbons (Fsp3) is 0.857. The summed E-state index contributed by atoms with van der Waals surface area (Å²) in [6.45, 7) is 1.34. The van der Waals surface area contributed by atoms with Crippen LogP contribution in [0.5, 0.6) is 0 Å². The van der Waals surface area contributed by atoms with Crippen LogP contribution in [0.2, 0.25) is 0 Å². The van der Waals surface area contributed by atoms with Gasteiger partial charge in [0.1, 0.15) is 0 Å². The SMILES string of the molecule is CNCC(O)CNC(=O)[C@H](CCCNC(=O)[C@H](CN)NC)NC. The van der Waals surface area contributed by atoms with Crippen molar-refractivity contribution in [2.45, 2.75) is 31.0 Å². The van der Waals surface area contributed by atoms with E-state index in [-0.39, 0.29) is 30.9 Å². The molecule has 0 bridgehead atoms. The molecule has 8 N–H and O–H groups in total. The second-order valence-corrected chi connectivity index (χ2v) is 5.31. The Morgan fingerprint density at radius 2 is 1.61 bits per heavy atom. The summed E-state index contributed by atoms with van der Waals surface area (Å²) in [6, 6.07) is -0.754. The average molecular weight is 332 g/mol. The zero-order chi connectivity index (χ0) is 17.7. The first-order chi connectivity index (χ1) is 11.0. The first-order valence-corrected chi connectivity index (χ1v) is 7.92. The van der Waals surface area contributed by atoms with Gasteiger partial charge in [-0.05, 0) is 34.0 Å². The molecule has 23 heavy (non-hydrogen) atoms. The predicted octanol–water partition coefficient (Wildman–Crippen LogP) is -3.29. The highest BCUT2D eigenvalue weighted by Crippen LogP contribution is 1.97. The Balaban J connectivity index is 4.00. The van der Waals surface area contributed by atoms with E-state index in [0.717, 1.165) is 0 Å². The molecule has 0 aromatic rings. The van der Waals surface area contributed by atoms with E-state index in [0.29, 0.717) is 25.9 Å². The number of nitrogens with two attached hydrogens (primary N) is 1. The van der Waals surface area contributed by atoms with Gasteiger partial charge in [-0.15, -0.1) is 0 Å². The van der Waals surface area contributed by atoms with E-state index < -0.39 is 12.1 Å². The normalized spacial score (nSPS) is 14.8. The third-order valence-electron chi connectivity index (χ3n) is 3.49. The molecule has 0 saturated heterocycles. The van der Waals surface area contributed by atoms with Crippen molar-refractivity contribution in [2.24, 2.45) is 5.73 Å². The third kappa shape index (κ3) is 9.47. The number of amides is 2. The molecule has 3 atom stereocenters. The van der Waals surface area contributed by atoms with E-state index in [2.05, 4.69) is 26.6 Å². The molecule has 0 aromatic carbocycles. The largest absolute Gasteiger partial charge is 0.390 e. The van der Waals surface area contributed by atoms with Gasteiger partial charge in [0.2, 0.25) is 11.8 Å². The maximum Gasteiger partial charge on any atom is 0.238 e. The lowest BCUT2D eigenvalue weighted by atomic mass is 10.1. The molecule has 0 fully saturated rings. The summed E-state index contributed by atoms with van der Waals surface area (Å²) in [5.74, 6) is -0.306. The first kappa shape index (κ1) is 21.7. The van der Waals surface area contributed by atoms with Crippen LogP contribution in [0.1, 0.15) is 12.8 Å². The second-order valence-electron chi connectivity index (χ2n) is 5.31. The average Bonchev–Trinajstić information content (AvgIpc) is 2.54. The maximum atomic E-state index is 12.0. The van der Waals surface area contributed by atoms with Crippen molar-refractivity contribution in [1.29, 1.82) is 0 Å². The maximum absolute atomic E-state index is 12.0. The molecule has 0 heterocycles. The van der Waals surface area contributed by atoms with Crippen molar-refractivity contribution in [3.8, 4) is 0 Å². The lowest BCUT2D eigenvalue weighted by Crippen LogP contribution is -2.48. The molecule has 0 radical (unpaired) electrons. The van der Waals surface area contributed by atoms with Gasteiger partial charge in [-0.3, -0.25) is 9.59 Å². The van der Waals surface area contributed by atoms with Gasteiger partial charge in [-0.1, -0.05) is 0 Å². The summed E-state index contributed by atoms with van der Waals surface area (Å²) in [7, 11) is 5.12. The van der Waals surface area contributed by atoms with Gasteiger partial charge in [0.25, 0.3) is 0 Å². The van der Waals surface area contributed by atoms with Crippen LogP contribution >= 0.6 is 0 Å². The zero-order valence-corrected chi connectivity index (χ0v) is 14.3. The lowest BCUT2D eigenvalue weighted by molar-refractivity contribution is -0.123. The highest BCUT2D eigenvalue weighted by Gasteiger charge is 2.17. The van der Waals surface area contributed by atoms with Crippen LogP contribution in [0.4, 0.5) is 0 Å². The Kier molecular flexibility index (Phi) is 12.5. The van der Waals surface area contributed by atoms with Crippen LogP contribution in [0.25, 0.3) is 0 Å². The van der Waals surface area contributed by atoms with Crippen LogP contribution in [-0.2, 0) is 9.59 Å². The van der Waals surface area contributed by atoms with E-state index in [4.69, 9.17) is 5.73 Å². The van der Waals surface area contributed by atoms with Crippen LogP contribution in [0, 0.1) is 0 Å². The van der Waals surface area contributed by atoms with Crippen molar-refractivity contribution >= 4 is 11.8 Å². The number of aliphatic hydroxyl groups excluding tert-OH is 1. The highest BCUT2D eigenvalue weighted by molar-refractivity contribution is 5.82. The minimum Gasteiger partial charge on any atom is -0.390 e. The fourth-order valence-electron chi connectivity index (χ4n) is 2.05. The number of hydrogen-bond acceptors (Lipinski definition) is 7. The molecule has 1 unspecified atom stereocenters. The van der Waals surface area contributed by atoms with Gasteiger partial charge >= 0.3 is 0 Å². The first-order valence-electron chi connectivity index (χ1n) is 7.92. The van der Waals surface area contributed by atoms with Gasteiger partial charge in [0.15, 0.2) is 0 Å². The molecule has 0 aliphatic rings. The minimum atomic E-state index is -0.615. The molecular formula is C14H32N6O3. The van der Waals surface area contributed by atoms with Crippen LogP contribution in [0.15, 0.2) is 0 Å². The Hall–Kier alpha value is -1.26. The summed E-state index contributed by atoms with van der Waals surface area (Å²) in [6.07, 6.45) is 0.623. The molecule has 0 spiro atoms. The predicted molar refractivity (Wildman–Crippen MR) is 89.9 cm³/mol. The van der Waals surface area contributed by atoms with Gasteiger partial charge in [-0.2, -0.15) is 0 Å². The Morgan fingerprint density at radius 3 is 2.13 bits per heavy atom. The van der Waals surface area contributed by atoms with Crippen molar-refractivity contribution < 1.29 is 14.7 Å². The lowest BCUT2D eigenvalue weighted by Gasteiger charge is -2.18. The molecule has 0 aliphatic carbocycles. The molecule has 2 amide bonds. The molecule has 0 aromatic heterocycles. The van der Waals surface area contributed by atoms with E-state index in [1.807, 2.05) is 0 Å². The number of rotatable bonds is 13. The van der Waals surface area contributed by atoms with Crippen LogP contribution in [0.3, 0.4) is 0 Å². The third-order valence-corrected chi connectivity index (χ3v) is 3.49. The molecule has 0 aliphatic heterocycles. The smallest absolute Gasteiger partial charge is 0.238 e.